The van der Waals surface area contributed by atoms with Crippen molar-refractivity contribution in [2.24, 2.45) is 0 Å². The first kappa shape index (κ1) is 24.3. The van der Waals surface area contributed by atoms with Gasteiger partial charge in [0.2, 0.25) is 0 Å². The molecule has 0 aliphatic carbocycles. The minimum atomic E-state index is -0.331. The van der Waals surface area contributed by atoms with Crippen LogP contribution in [0.4, 0.5) is 21.0 Å². The van der Waals surface area contributed by atoms with Crippen molar-refractivity contribution < 1.29 is 9.18 Å². The molecule has 0 spiro atoms. The Kier molecular flexibility index (Phi) is 6.78. The summed E-state index contributed by atoms with van der Waals surface area (Å²) >= 11 is 1.57. The quantitative estimate of drug-likeness (QED) is 0.273. The third-order valence-corrected chi connectivity index (χ3v) is 7.40. The lowest BCUT2D eigenvalue weighted by atomic mass is 10.0. The van der Waals surface area contributed by atoms with Crippen LogP contribution in [-0.4, -0.2) is 27.9 Å². The molecule has 1 amide bonds. The fourth-order valence-electron chi connectivity index (χ4n) is 4.22. The van der Waals surface area contributed by atoms with Crippen molar-refractivity contribution in [2.75, 3.05) is 17.7 Å². The summed E-state index contributed by atoms with van der Waals surface area (Å²) in [7, 11) is 1.88. The first-order valence-electron chi connectivity index (χ1n) is 11.8. The predicted molar refractivity (Wildman–Crippen MR) is 146 cm³/mol. The zero-order chi connectivity index (χ0) is 25.9. The summed E-state index contributed by atoms with van der Waals surface area (Å²) in [5, 5.41) is 4.75. The van der Waals surface area contributed by atoms with E-state index >= 15 is 0 Å². The highest BCUT2D eigenvalue weighted by Crippen LogP contribution is 2.37. The van der Waals surface area contributed by atoms with E-state index in [1.807, 2.05) is 55.3 Å². The molecule has 0 radical (unpaired) electrons. The van der Waals surface area contributed by atoms with Gasteiger partial charge in [0, 0.05) is 23.5 Å². The Morgan fingerprint density at radius 1 is 1.08 bits per heavy atom. The third-order valence-electron chi connectivity index (χ3n) is 6.19. The van der Waals surface area contributed by atoms with E-state index in [1.54, 1.807) is 35.7 Å². The van der Waals surface area contributed by atoms with Gasteiger partial charge in [0.15, 0.2) is 0 Å². The maximum Gasteiger partial charge on any atom is 0.255 e. The molecule has 3 N–H and O–H groups in total. The third kappa shape index (κ3) is 4.99. The average molecular weight is 513 g/mol. The number of hydrogen-bond donors (Lipinski definition) is 2. The van der Waals surface area contributed by atoms with E-state index < -0.39 is 0 Å². The number of thiophene rings is 1. The molecule has 3 aromatic heterocycles. The second kappa shape index (κ2) is 10.3. The monoisotopic (exact) mass is 512 g/mol. The Bertz CT molecular complexity index is 1590. The molecule has 0 bridgehead atoms. The van der Waals surface area contributed by atoms with Gasteiger partial charge in [-0.1, -0.05) is 25.1 Å². The van der Waals surface area contributed by atoms with Crippen LogP contribution in [0.2, 0.25) is 0 Å². The number of benzene rings is 2. The van der Waals surface area contributed by atoms with E-state index in [0.29, 0.717) is 23.6 Å². The number of nitrogen functional groups attached to an aromatic ring is 1. The van der Waals surface area contributed by atoms with Gasteiger partial charge in [-0.2, -0.15) is 0 Å². The second-order valence-electron chi connectivity index (χ2n) is 8.55. The summed E-state index contributed by atoms with van der Waals surface area (Å²) in [6.07, 6.45) is 3.74. The van der Waals surface area contributed by atoms with Gasteiger partial charge in [-0.25, -0.2) is 19.3 Å². The van der Waals surface area contributed by atoms with Crippen molar-refractivity contribution in [3.63, 3.8) is 0 Å². The highest BCUT2D eigenvalue weighted by molar-refractivity contribution is 7.19. The number of nitrogens with two attached hydrogens (primary N) is 1. The van der Waals surface area contributed by atoms with Crippen LogP contribution < -0.4 is 16.0 Å². The van der Waals surface area contributed by atoms with Crippen LogP contribution in [0.25, 0.3) is 21.3 Å². The number of carbonyl (C=O) groups excluding carboxylic acids is 1. The number of aromatic nitrogens is 3. The average Bonchev–Trinajstić information content (AvgIpc) is 3.42. The van der Waals surface area contributed by atoms with Crippen LogP contribution in [0.15, 0.2) is 79.3 Å². The number of carbonyl (C=O) groups is 1. The zero-order valence-corrected chi connectivity index (χ0v) is 21.2. The number of rotatable bonds is 7. The first-order chi connectivity index (χ1) is 17.9. The molecule has 0 aliphatic rings. The van der Waals surface area contributed by atoms with Crippen LogP contribution in [0.1, 0.15) is 35.3 Å². The van der Waals surface area contributed by atoms with Gasteiger partial charge >= 0.3 is 0 Å². The number of halogens is 1. The summed E-state index contributed by atoms with van der Waals surface area (Å²) in [6, 6.07) is 19.4. The number of fused-ring (bicyclic) bond motifs is 1. The van der Waals surface area contributed by atoms with Gasteiger partial charge in [-0.15, -0.1) is 11.3 Å². The Balaban J connectivity index is 1.41. The Labute approximate surface area is 217 Å². The molecule has 5 rings (SSSR count). The molecule has 5 aromatic rings. The molecular weight excluding hydrogens is 487 g/mol. The molecule has 0 saturated heterocycles. The predicted octanol–water partition coefficient (Wildman–Crippen LogP) is 6.12. The maximum absolute atomic E-state index is 13.8. The van der Waals surface area contributed by atoms with Crippen LogP contribution in [0.5, 0.6) is 0 Å². The number of anilines is 3. The van der Waals surface area contributed by atoms with Gasteiger partial charge in [0.05, 0.1) is 22.1 Å². The Hall–Kier alpha value is -4.37. The topological polar surface area (TPSA) is 97.0 Å². The minimum absolute atomic E-state index is 0.271. The van der Waals surface area contributed by atoms with Crippen molar-refractivity contribution in [3.8, 4) is 10.4 Å². The molecular formula is C28H25FN6OS. The zero-order valence-electron chi connectivity index (χ0n) is 20.4. The maximum atomic E-state index is 13.8. The first-order valence-corrected chi connectivity index (χ1v) is 12.6. The number of amides is 1. The SMILES string of the molecule is CC[C@H](NC(=O)c1cccnc1N(C)c1ccc(-c2ccc3ncnc(N)c3c2)s1)c1cccc(F)c1. The number of nitrogens with one attached hydrogen (secondary N) is 1. The molecule has 37 heavy (non-hydrogen) atoms. The lowest BCUT2D eigenvalue weighted by molar-refractivity contribution is 0.0935. The molecule has 2 aromatic carbocycles. The van der Waals surface area contributed by atoms with E-state index in [-0.39, 0.29) is 17.8 Å². The van der Waals surface area contributed by atoms with Gasteiger partial charge in [0.25, 0.3) is 5.91 Å². The summed E-state index contributed by atoms with van der Waals surface area (Å²) in [5.41, 5.74) is 8.99. The molecule has 0 unspecified atom stereocenters. The molecule has 3 heterocycles. The van der Waals surface area contributed by atoms with E-state index in [4.69, 9.17) is 5.73 Å². The van der Waals surface area contributed by atoms with Crippen LogP contribution in [0.3, 0.4) is 0 Å². The fourth-order valence-corrected chi connectivity index (χ4v) is 5.18. The van der Waals surface area contributed by atoms with Crippen LogP contribution in [-0.2, 0) is 0 Å². The highest BCUT2D eigenvalue weighted by atomic mass is 32.1. The van der Waals surface area contributed by atoms with E-state index in [2.05, 4.69) is 20.3 Å². The van der Waals surface area contributed by atoms with Crippen molar-refractivity contribution in [2.45, 2.75) is 19.4 Å². The van der Waals surface area contributed by atoms with Gasteiger partial charge < -0.3 is 16.0 Å². The Morgan fingerprint density at radius 2 is 1.95 bits per heavy atom. The van der Waals surface area contributed by atoms with Crippen molar-refractivity contribution >= 4 is 44.8 Å². The van der Waals surface area contributed by atoms with Crippen LogP contribution >= 0.6 is 11.3 Å². The van der Waals surface area contributed by atoms with Crippen molar-refractivity contribution in [3.05, 3.63) is 96.2 Å². The largest absolute Gasteiger partial charge is 0.383 e. The summed E-state index contributed by atoms with van der Waals surface area (Å²) in [4.78, 5) is 29.1. The fraction of sp³-hybridized carbons (Fsp3) is 0.143. The number of nitrogens with zero attached hydrogens (tertiary/aromatic N) is 4. The van der Waals surface area contributed by atoms with Gasteiger partial charge in [-0.05, 0) is 66.1 Å². The Morgan fingerprint density at radius 3 is 2.76 bits per heavy atom. The highest BCUT2D eigenvalue weighted by Gasteiger charge is 2.21. The molecule has 186 valence electrons. The van der Waals surface area contributed by atoms with E-state index in [9.17, 15) is 9.18 Å². The molecule has 7 nitrogen and oxygen atoms in total. The van der Waals surface area contributed by atoms with Crippen LogP contribution in [0, 0.1) is 5.82 Å². The lowest BCUT2D eigenvalue weighted by Gasteiger charge is -2.22. The van der Waals surface area contributed by atoms with Gasteiger partial charge in [0.1, 0.15) is 23.8 Å². The molecule has 0 fully saturated rings. The molecule has 1 atom stereocenters. The summed E-state index contributed by atoms with van der Waals surface area (Å²) < 4.78 is 13.8. The van der Waals surface area contributed by atoms with E-state index in [0.717, 1.165) is 31.9 Å². The lowest BCUT2D eigenvalue weighted by Crippen LogP contribution is -2.29. The summed E-state index contributed by atoms with van der Waals surface area (Å²) in [5.74, 6) is 0.363. The smallest absolute Gasteiger partial charge is 0.255 e. The van der Waals surface area contributed by atoms with Crippen molar-refractivity contribution in [1.29, 1.82) is 0 Å². The normalized spacial score (nSPS) is 11.9. The standard InChI is InChI=1S/C28H25FN6OS/c1-3-22(17-6-4-7-19(29)14-17)34-28(36)20-8-5-13-31-27(20)35(2)25-12-11-24(37-25)18-9-10-23-21(15-18)26(30)33-16-32-23/h4-16,22H,3H2,1-2H3,(H,34,36)(H2,30,32,33)/t22-/m0/s1. The second-order valence-corrected chi connectivity index (χ2v) is 9.61. The van der Waals surface area contributed by atoms with Gasteiger partial charge in [-0.3, -0.25) is 4.79 Å². The van der Waals surface area contributed by atoms with E-state index in [1.165, 1.54) is 18.5 Å². The van der Waals surface area contributed by atoms with Crippen molar-refractivity contribution in [1.82, 2.24) is 20.3 Å². The minimum Gasteiger partial charge on any atom is -0.383 e. The molecule has 9 heteroatoms. The number of hydrogen-bond acceptors (Lipinski definition) is 7. The number of pyridine rings is 1. The summed E-state index contributed by atoms with van der Waals surface area (Å²) in [6.45, 7) is 1.95. The molecule has 0 aliphatic heterocycles. The molecule has 0 saturated carbocycles.